The van der Waals surface area contributed by atoms with E-state index in [1.54, 1.807) is 26.0 Å². The summed E-state index contributed by atoms with van der Waals surface area (Å²) < 4.78 is -0.934. The normalized spacial score (nSPS) is 15.4. The molecule has 5 nitrogen and oxygen atoms in total. The number of hydrogen-bond acceptors (Lipinski definition) is 5. The van der Waals surface area contributed by atoms with Gasteiger partial charge in [-0.25, -0.2) is 4.98 Å². The molecule has 0 aliphatic heterocycles. The Balaban J connectivity index is 1.63. The maximum Gasteiger partial charge on any atom is 0.319 e. The van der Waals surface area contributed by atoms with Gasteiger partial charge in [0.2, 0.25) is 0 Å². The second-order valence-corrected chi connectivity index (χ2v) is 12.1. The highest BCUT2D eigenvalue weighted by Gasteiger charge is 2.28. The largest absolute Gasteiger partial charge is 0.480 e. The summed E-state index contributed by atoms with van der Waals surface area (Å²) in [6.45, 7) is 5.47. The number of aromatic nitrogens is 1. The molecule has 1 heterocycles. The van der Waals surface area contributed by atoms with Crippen LogP contribution in [0.1, 0.15) is 44.1 Å². The Morgan fingerprint density at radius 1 is 1.14 bits per heavy atom. The fraction of sp³-hybridized carbons (Fsp3) is 0.250. The third-order valence-electron chi connectivity index (χ3n) is 5.84. The lowest BCUT2D eigenvalue weighted by molar-refractivity contribution is -0.138. The van der Waals surface area contributed by atoms with Gasteiger partial charge in [0, 0.05) is 15.5 Å². The van der Waals surface area contributed by atoms with Crippen molar-refractivity contribution in [3.8, 4) is 21.0 Å². The number of carbonyl (C=O) groups excluding carboxylic acids is 1. The minimum absolute atomic E-state index is 0.0788. The maximum atomic E-state index is 13.3. The second kappa shape index (κ2) is 11.0. The van der Waals surface area contributed by atoms with Crippen LogP contribution in [0, 0.1) is 0 Å². The molecule has 3 aromatic rings. The third-order valence-corrected chi connectivity index (χ3v) is 8.44. The van der Waals surface area contributed by atoms with Crippen LogP contribution in [0.4, 0.5) is 0 Å². The van der Waals surface area contributed by atoms with E-state index in [1.807, 2.05) is 42.5 Å². The Morgan fingerprint density at radius 2 is 1.81 bits per heavy atom. The predicted molar refractivity (Wildman–Crippen MR) is 149 cm³/mol. The number of carboxylic acid groups (broad SMARTS) is 1. The van der Waals surface area contributed by atoms with Gasteiger partial charge in [-0.3, -0.25) is 9.59 Å². The maximum absolute atomic E-state index is 13.3. The van der Waals surface area contributed by atoms with Crippen LogP contribution >= 0.6 is 34.7 Å². The Hall–Kier alpha value is -2.87. The van der Waals surface area contributed by atoms with Crippen molar-refractivity contribution in [2.45, 2.75) is 49.3 Å². The Bertz CT molecular complexity index is 1330. The summed E-state index contributed by atoms with van der Waals surface area (Å²) in [7, 11) is 0. The molecule has 0 saturated heterocycles. The number of rotatable bonds is 8. The number of aliphatic carboxylic acids is 1. The average molecular weight is 539 g/mol. The van der Waals surface area contributed by atoms with Crippen molar-refractivity contribution in [3.63, 3.8) is 0 Å². The first-order valence-corrected chi connectivity index (χ1v) is 13.6. The van der Waals surface area contributed by atoms with E-state index >= 15 is 0 Å². The standard InChI is InChI=1S/C28H27ClN2O3S2/c1-4-17-5-13-21(14-6-17)30-25(32)23-24(18-7-11-20(29)12-8-18)35-26(31-23)19-9-15-22(16-10-19)36-28(2,3)27(33)34/h5-13,15-16,21H,4,14H2,1-3H3,(H,30,32)(H,33,34). The van der Waals surface area contributed by atoms with Gasteiger partial charge in [0.25, 0.3) is 5.91 Å². The first-order valence-electron chi connectivity index (χ1n) is 11.6. The summed E-state index contributed by atoms with van der Waals surface area (Å²) >= 11 is 8.82. The van der Waals surface area contributed by atoms with Crippen LogP contribution in [-0.4, -0.2) is 32.8 Å². The van der Waals surface area contributed by atoms with E-state index < -0.39 is 10.7 Å². The van der Waals surface area contributed by atoms with Gasteiger partial charge in [0.1, 0.15) is 15.4 Å². The third kappa shape index (κ3) is 6.09. The zero-order chi connectivity index (χ0) is 25.9. The number of nitrogens with zero attached hydrogens (tertiary/aromatic N) is 1. The highest BCUT2D eigenvalue weighted by molar-refractivity contribution is 8.01. The van der Waals surface area contributed by atoms with E-state index in [2.05, 4.69) is 24.4 Å². The zero-order valence-electron chi connectivity index (χ0n) is 20.2. The highest BCUT2D eigenvalue weighted by atomic mass is 35.5. The number of benzene rings is 2. The number of carboxylic acids is 1. The van der Waals surface area contributed by atoms with Gasteiger partial charge in [-0.15, -0.1) is 23.1 Å². The average Bonchev–Trinajstić information content (AvgIpc) is 3.31. The van der Waals surface area contributed by atoms with E-state index in [-0.39, 0.29) is 11.9 Å². The summed E-state index contributed by atoms with van der Waals surface area (Å²) in [5, 5.41) is 13.8. The number of amides is 1. The first kappa shape index (κ1) is 26.2. The summed E-state index contributed by atoms with van der Waals surface area (Å²) in [6.07, 6.45) is 7.97. The molecule has 1 amide bonds. The van der Waals surface area contributed by atoms with E-state index in [1.165, 1.54) is 28.7 Å². The van der Waals surface area contributed by atoms with Crippen LogP contribution in [0.2, 0.25) is 5.02 Å². The van der Waals surface area contributed by atoms with Crippen molar-refractivity contribution in [3.05, 3.63) is 83.0 Å². The molecule has 1 aliphatic carbocycles. The number of carbonyl (C=O) groups is 2. The molecule has 8 heteroatoms. The van der Waals surface area contributed by atoms with E-state index in [0.717, 1.165) is 33.7 Å². The summed E-state index contributed by atoms with van der Waals surface area (Å²) in [5.74, 6) is -1.09. The molecule has 1 unspecified atom stereocenters. The van der Waals surface area contributed by atoms with Crippen LogP contribution in [0.15, 0.2) is 77.2 Å². The van der Waals surface area contributed by atoms with Gasteiger partial charge >= 0.3 is 5.97 Å². The van der Waals surface area contributed by atoms with E-state index in [9.17, 15) is 14.7 Å². The lowest BCUT2D eigenvalue weighted by Gasteiger charge is -2.18. The van der Waals surface area contributed by atoms with E-state index in [0.29, 0.717) is 15.7 Å². The SMILES string of the molecule is CCC1=CCC(NC(=O)c2nc(-c3ccc(SC(C)(C)C(=O)O)cc3)sc2-c2ccc(Cl)cc2)C=C1. The number of hydrogen-bond donors (Lipinski definition) is 2. The lowest BCUT2D eigenvalue weighted by Crippen LogP contribution is -2.34. The van der Waals surface area contributed by atoms with Crippen LogP contribution in [0.25, 0.3) is 21.0 Å². The van der Waals surface area contributed by atoms with E-state index in [4.69, 9.17) is 16.6 Å². The number of halogens is 1. The molecule has 1 aliphatic rings. The van der Waals surface area contributed by atoms with Crippen LogP contribution < -0.4 is 5.32 Å². The van der Waals surface area contributed by atoms with Crippen molar-refractivity contribution in [1.82, 2.24) is 10.3 Å². The van der Waals surface area contributed by atoms with Crippen molar-refractivity contribution >= 4 is 46.6 Å². The molecular weight excluding hydrogens is 512 g/mol. The number of allylic oxidation sites excluding steroid dienone is 2. The van der Waals surface area contributed by atoms with Crippen molar-refractivity contribution in [2.75, 3.05) is 0 Å². The van der Waals surface area contributed by atoms with Crippen LogP contribution in [-0.2, 0) is 4.79 Å². The summed E-state index contributed by atoms with van der Waals surface area (Å²) in [5.41, 5.74) is 3.38. The molecule has 0 spiro atoms. The minimum Gasteiger partial charge on any atom is -0.480 e. The van der Waals surface area contributed by atoms with Gasteiger partial charge in [-0.1, -0.05) is 66.6 Å². The number of nitrogens with one attached hydrogen (secondary N) is 1. The Labute approximate surface area is 224 Å². The van der Waals surface area contributed by atoms with Gasteiger partial charge in [-0.05, 0) is 56.5 Å². The molecule has 0 bridgehead atoms. The number of thiazole rings is 1. The smallest absolute Gasteiger partial charge is 0.319 e. The zero-order valence-corrected chi connectivity index (χ0v) is 22.6. The van der Waals surface area contributed by atoms with Crippen LogP contribution in [0.5, 0.6) is 0 Å². The molecule has 0 saturated carbocycles. The molecular formula is C28H27ClN2O3S2. The molecule has 186 valence electrons. The van der Waals surface area contributed by atoms with Gasteiger partial charge in [0.15, 0.2) is 0 Å². The Morgan fingerprint density at radius 3 is 2.39 bits per heavy atom. The molecule has 36 heavy (non-hydrogen) atoms. The van der Waals surface area contributed by atoms with Gasteiger partial charge < -0.3 is 10.4 Å². The molecule has 1 aromatic heterocycles. The topological polar surface area (TPSA) is 79.3 Å². The van der Waals surface area contributed by atoms with Crippen molar-refractivity contribution < 1.29 is 14.7 Å². The molecule has 0 radical (unpaired) electrons. The molecule has 2 aromatic carbocycles. The monoisotopic (exact) mass is 538 g/mol. The lowest BCUT2D eigenvalue weighted by atomic mass is 10.0. The first-order chi connectivity index (χ1) is 17.2. The molecule has 1 atom stereocenters. The number of thioether (sulfide) groups is 1. The second-order valence-electron chi connectivity index (χ2n) is 8.95. The quantitative estimate of drug-likeness (QED) is 0.291. The van der Waals surface area contributed by atoms with Gasteiger partial charge in [0.05, 0.1) is 10.9 Å². The van der Waals surface area contributed by atoms with Crippen molar-refractivity contribution in [1.29, 1.82) is 0 Å². The predicted octanol–water partition coefficient (Wildman–Crippen LogP) is 7.48. The van der Waals surface area contributed by atoms with Crippen LogP contribution in [0.3, 0.4) is 0 Å². The summed E-state index contributed by atoms with van der Waals surface area (Å²) in [6, 6.07) is 14.9. The van der Waals surface area contributed by atoms with Gasteiger partial charge in [-0.2, -0.15) is 0 Å². The fourth-order valence-corrected chi connectivity index (χ4v) is 5.82. The highest BCUT2D eigenvalue weighted by Crippen LogP contribution is 2.38. The summed E-state index contributed by atoms with van der Waals surface area (Å²) in [4.78, 5) is 31.2. The Kier molecular flexibility index (Phi) is 8.03. The van der Waals surface area contributed by atoms with Crippen molar-refractivity contribution in [2.24, 2.45) is 0 Å². The molecule has 4 rings (SSSR count). The minimum atomic E-state index is -0.934. The molecule has 0 fully saturated rings. The fourth-order valence-electron chi connectivity index (χ4n) is 3.67. The molecule has 2 N–H and O–H groups in total.